The highest BCUT2D eigenvalue weighted by atomic mass is 32.2. The van der Waals surface area contributed by atoms with Gasteiger partial charge in [-0.3, -0.25) is 9.69 Å². The van der Waals surface area contributed by atoms with Crippen LogP contribution in [0.4, 0.5) is 5.69 Å². The quantitative estimate of drug-likeness (QED) is 0.475. The van der Waals surface area contributed by atoms with Crippen LogP contribution in [0.15, 0.2) is 83.5 Å². The number of ether oxygens (including phenoxy) is 2. The van der Waals surface area contributed by atoms with Crippen molar-refractivity contribution in [2.75, 3.05) is 19.1 Å². The molecule has 0 aromatic heterocycles. The molecule has 1 aliphatic rings. The molecule has 0 N–H and O–H groups in total. The number of amidine groups is 1. The zero-order chi connectivity index (χ0) is 23.2. The Bertz CT molecular complexity index is 1280. The third-order valence-corrected chi connectivity index (χ3v) is 6.04. The molecule has 1 amide bonds. The molecule has 0 saturated heterocycles. The summed E-state index contributed by atoms with van der Waals surface area (Å²) >= 11 is 1.41. The number of thioether (sulfide) groups is 1. The number of rotatable bonds is 6. The number of amides is 1. The van der Waals surface area contributed by atoms with Gasteiger partial charge in [-0.15, -0.1) is 0 Å². The maximum Gasteiger partial charge on any atom is 0.283 e. The Kier molecular flexibility index (Phi) is 6.77. The minimum Gasteiger partial charge on any atom is -0.497 e. The molecule has 0 saturated carbocycles. The van der Waals surface area contributed by atoms with E-state index in [1.807, 2.05) is 60.7 Å². The van der Waals surface area contributed by atoms with E-state index in [4.69, 9.17) is 9.47 Å². The summed E-state index contributed by atoms with van der Waals surface area (Å²) in [7, 11) is 3.20. The number of carbonyl (C=O) groups is 1. The van der Waals surface area contributed by atoms with Gasteiger partial charge in [0.1, 0.15) is 17.2 Å². The van der Waals surface area contributed by atoms with Gasteiger partial charge in [-0.05, 0) is 47.5 Å². The number of carbonyl (C=O) groups excluding carboxylic acids is 1. The second kappa shape index (κ2) is 10.1. The van der Waals surface area contributed by atoms with Gasteiger partial charge < -0.3 is 9.47 Å². The van der Waals surface area contributed by atoms with Crippen molar-refractivity contribution in [2.24, 2.45) is 4.99 Å². The van der Waals surface area contributed by atoms with Crippen LogP contribution in [0.1, 0.15) is 16.7 Å². The van der Waals surface area contributed by atoms with Crippen LogP contribution in [0, 0.1) is 11.3 Å². The molecule has 3 aromatic carbocycles. The molecule has 0 spiro atoms. The number of hydrogen-bond acceptors (Lipinski definition) is 6. The van der Waals surface area contributed by atoms with Crippen molar-refractivity contribution in [3.05, 3.63) is 95.2 Å². The number of nitrogens with zero attached hydrogens (tertiary/aromatic N) is 3. The Morgan fingerprint density at radius 1 is 1.00 bits per heavy atom. The molecule has 1 heterocycles. The first-order valence-corrected chi connectivity index (χ1v) is 11.1. The summed E-state index contributed by atoms with van der Waals surface area (Å²) in [4.78, 5) is 19.6. The van der Waals surface area contributed by atoms with Crippen molar-refractivity contribution in [1.82, 2.24) is 0 Å². The first-order chi connectivity index (χ1) is 16.1. The first-order valence-electron chi connectivity index (χ1n) is 10.2. The van der Waals surface area contributed by atoms with E-state index in [9.17, 15) is 10.1 Å². The van der Waals surface area contributed by atoms with Gasteiger partial charge in [0, 0.05) is 11.8 Å². The fourth-order valence-corrected chi connectivity index (χ4v) is 4.34. The van der Waals surface area contributed by atoms with Gasteiger partial charge in [0.25, 0.3) is 5.91 Å². The van der Waals surface area contributed by atoms with Crippen LogP contribution >= 0.6 is 11.8 Å². The Balaban J connectivity index is 1.68. The summed E-state index contributed by atoms with van der Waals surface area (Å²) in [5.74, 6) is 1.66. The van der Waals surface area contributed by atoms with Crippen molar-refractivity contribution in [1.29, 1.82) is 5.26 Å². The second-order valence-corrected chi connectivity index (χ2v) is 8.04. The predicted octanol–water partition coefficient (Wildman–Crippen LogP) is 5.25. The molecule has 0 atom stereocenters. The van der Waals surface area contributed by atoms with Crippen LogP contribution in [0.2, 0.25) is 0 Å². The SMILES string of the molecule is COc1ccc(C=C2N=C(SCc3ccccc3C#N)N(c3cccc(OC)c3)C2=O)cc1. The molecule has 1 aliphatic heterocycles. The lowest BCUT2D eigenvalue weighted by molar-refractivity contribution is -0.113. The number of aliphatic imine (C=N–C) groups is 1. The van der Waals surface area contributed by atoms with Gasteiger partial charge in [0.05, 0.1) is 31.5 Å². The minimum atomic E-state index is -0.227. The summed E-state index contributed by atoms with van der Waals surface area (Å²) in [5, 5.41) is 9.94. The Hall–Kier alpha value is -4.02. The number of methoxy groups -OCH3 is 2. The Morgan fingerprint density at radius 3 is 2.48 bits per heavy atom. The third kappa shape index (κ3) is 4.92. The summed E-state index contributed by atoms with van der Waals surface area (Å²) in [6, 6.07) is 24.4. The first kappa shape index (κ1) is 22.2. The maximum absolute atomic E-state index is 13.4. The number of benzene rings is 3. The van der Waals surface area contributed by atoms with Gasteiger partial charge >= 0.3 is 0 Å². The van der Waals surface area contributed by atoms with Crippen molar-refractivity contribution in [2.45, 2.75) is 5.75 Å². The van der Waals surface area contributed by atoms with E-state index in [2.05, 4.69) is 11.1 Å². The van der Waals surface area contributed by atoms with Crippen molar-refractivity contribution in [3.63, 3.8) is 0 Å². The molecule has 0 unspecified atom stereocenters. The average molecular weight is 456 g/mol. The third-order valence-electron chi connectivity index (χ3n) is 5.05. The van der Waals surface area contributed by atoms with E-state index in [1.165, 1.54) is 11.8 Å². The maximum atomic E-state index is 13.4. The van der Waals surface area contributed by atoms with E-state index in [0.29, 0.717) is 33.6 Å². The van der Waals surface area contributed by atoms with Gasteiger partial charge in [-0.25, -0.2) is 4.99 Å². The monoisotopic (exact) mass is 455 g/mol. The van der Waals surface area contributed by atoms with Crippen molar-refractivity contribution >= 4 is 34.6 Å². The highest BCUT2D eigenvalue weighted by Gasteiger charge is 2.32. The molecule has 6 nitrogen and oxygen atoms in total. The van der Waals surface area contributed by atoms with Crippen LogP contribution in [-0.4, -0.2) is 25.3 Å². The number of hydrogen-bond donors (Lipinski definition) is 0. The number of anilines is 1. The fraction of sp³-hybridized carbons (Fsp3) is 0.115. The molecule has 7 heteroatoms. The van der Waals surface area contributed by atoms with Crippen LogP contribution in [0.5, 0.6) is 11.5 Å². The lowest BCUT2D eigenvalue weighted by Gasteiger charge is -2.18. The normalized spacial score (nSPS) is 14.2. The van der Waals surface area contributed by atoms with Crippen molar-refractivity contribution < 1.29 is 14.3 Å². The second-order valence-electron chi connectivity index (χ2n) is 7.10. The molecule has 3 aromatic rings. The van der Waals surface area contributed by atoms with E-state index in [-0.39, 0.29) is 5.91 Å². The molecule has 0 fully saturated rings. The summed E-state index contributed by atoms with van der Waals surface area (Å²) in [6.07, 6.45) is 1.76. The highest BCUT2D eigenvalue weighted by Crippen LogP contribution is 2.33. The molecule has 164 valence electrons. The Labute approximate surface area is 196 Å². The fourth-order valence-electron chi connectivity index (χ4n) is 3.33. The molecule has 4 rings (SSSR count). The molecule has 33 heavy (non-hydrogen) atoms. The number of nitriles is 1. The smallest absolute Gasteiger partial charge is 0.283 e. The van der Waals surface area contributed by atoms with Crippen LogP contribution in [0.25, 0.3) is 6.08 Å². The van der Waals surface area contributed by atoms with E-state index in [1.54, 1.807) is 37.3 Å². The summed E-state index contributed by atoms with van der Waals surface area (Å²) in [6.45, 7) is 0. The lowest BCUT2D eigenvalue weighted by Crippen LogP contribution is -2.30. The standard InChI is InChI=1S/C26H21N3O3S/c1-31-22-12-10-18(11-13-22)14-24-25(30)29(21-8-5-9-23(15-21)32-2)26(28-24)33-17-20-7-4-3-6-19(20)16-27/h3-15H,17H2,1-2H3. The van der Waals surface area contributed by atoms with Crippen molar-refractivity contribution in [3.8, 4) is 17.6 Å². The average Bonchev–Trinajstić information content (AvgIpc) is 3.18. The largest absolute Gasteiger partial charge is 0.497 e. The molecule has 0 bridgehead atoms. The van der Waals surface area contributed by atoms with Gasteiger partial charge in [0.15, 0.2) is 5.17 Å². The van der Waals surface area contributed by atoms with Crippen LogP contribution in [-0.2, 0) is 10.5 Å². The summed E-state index contributed by atoms with van der Waals surface area (Å²) in [5.41, 5.74) is 3.33. The molecular formula is C26H21N3O3S. The summed E-state index contributed by atoms with van der Waals surface area (Å²) < 4.78 is 10.5. The van der Waals surface area contributed by atoms with E-state index in [0.717, 1.165) is 16.9 Å². The van der Waals surface area contributed by atoms with E-state index >= 15 is 0 Å². The van der Waals surface area contributed by atoms with E-state index < -0.39 is 0 Å². The van der Waals surface area contributed by atoms with Gasteiger partial charge in [-0.2, -0.15) is 5.26 Å². The zero-order valence-electron chi connectivity index (χ0n) is 18.2. The molecular weight excluding hydrogens is 434 g/mol. The van der Waals surface area contributed by atoms with Crippen LogP contribution < -0.4 is 14.4 Å². The Morgan fingerprint density at radius 2 is 1.76 bits per heavy atom. The molecule has 0 aliphatic carbocycles. The van der Waals surface area contributed by atoms with Gasteiger partial charge in [-0.1, -0.05) is 48.2 Å². The van der Waals surface area contributed by atoms with Gasteiger partial charge in [0.2, 0.25) is 0 Å². The molecule has 0 radical (unpaired) electrons. The topological polar surface area (TPSA) is 74.9 Å². The minimum absolute atomic E-state index is 0.227. The predicted molar refractivity (Wildman–Crippen MR) is 131 cm³/mol. The highest BCUT2D eigenvalue weighted by molar-refractivity contribution is 8.13. The van der Waals surface area contributed by atoms with Crippen LogP contribution in [0.3, 0.4) is 0 Å². The zero-order valence-corrected chi connectivity index (χ0v) is 19.0. The lowest BCUT2D eigenvalue weighted by atomic mass is 10.1.